The number of nitrogens with one attached hydrogen (secondary N) is 1. The summed E-state index contributed by atoms with van der Waals surface area (Å²) < 4.78 is 5.24. The minimum Gasteiger partial charge on any atom is -0.462 e. The van der Waals surface area contributed by atoms with Crippen LogP contribution in [-0.4, -0.2) is 28.6 Å². The number of rotatable bonds is 6. The molecule has 0 spiro atoms. The van der Waals surface area contributed by atoms with Crippen molar-refractivity contribution in [3.05, 3.63) is 29.5 Å². The molecule has 6 heteroatoms. The van der Waals surface area contributed by atoms with Crippen molar-refractivity contribution in [2.45, 2.75) is 26.3 Å². The summed E-state index contributed by atoms with van der Waals surface area (Å²) in [6.45, 7) is 4.03. The number of nitrogens with zero attached hydrogens (tertiary/aromatic N) is 1. The molecule has 1 atom stereocenters. The molecule has 20 heavy (non-hydrogen) atoms. The van der Waals surface area contributed by atoms with Gasteiger partial charge in [0.1, 0.15) is 5.69 Å². The van der Waals surface area contributed by atoms with Crippen LogP contribution in [0.3, 0.4) is 0 Å². The summed E-state index contributed by atoms with van der Waals surface area (Å²) in [5.41, 5.74) is 0.351. The maximum Gasteiger partial charge on any atom is 0.271 e. The van der Waals surface area contributed by atoms with E-state index in [1.807, 2.05) is 13.8 Å². The van der Waals surface area contributed by atoms with E-state index in [2.05, 4.69) is 10.3 Å². The third-order valence-corrected chi connectivity index (χ3v) is 3.64. The predicted molar refractivity (Wildman–Crippen MR) is 77.6 cm³/mol. The van der Waals surface area contributed by atoms with Gasteiger partial charge in [-0.1, -0.05) is 13.8 Å². The number of hydrogen-bond acceptors (Lipinski definition) is 5. The molecule has 1 unspecified atom stereocenters. The molecule has 2 aromatic heterocycles. The molecule has 2 N–H and O–H groups in total. The number of aliphatic hydroxyl groups excluding tert-OH is 1. The normalized spacial score (nSPS) is 12.6. The number of aromatic nitrogens is 1. The van der Waals surface area contributed by atoms with E-state index in [1.54, 1.807) is 23.8 Å². The highest BCUT2D eigenvalue weighted by molar-refractivity contribution is 7.13. The van der Waals surface area contributed by atoms with Crippen LogP contribution in [0.5, 0.6) is 0 Å². The maximum atomic E-state index is 12.1. The molecule has 0 aliphatic heterocycles. The highest BCUT2D eigenvalue weighted by atomic mass is 32.1. The SMILES string of the molecule is CC(C)CC(CO)NC(=O)c1csc(-c2ccco2)n1. The lowest BCUT2D eigenvalue weighted by Crippen LogP contribution is -2.38. The van der Waals surface area contributed by atoms with Crippen LogP contribution in [0, 0.1) is 5.92 Å². The maximum absolute atomic E-state index is 12.1. The molecule has 0 fully saturated rings. The van der Waals surface area contributed by atoms with E-state index >= 15 is 0 Å². The van der Waals surface area contributed by atoms with Crippen LogP contribution in [0.1, 0.15) is 30.8 Å². The molecule has 0 aromatic carbocycles. The lowest BCUT2D eigenvalue weighted by molar-refractivity contribution is 0.0904. The van der Waals surface area contributed by atoms with Crippen LogP contribution in [0.4, 0.5) is 0 Å². The third-order valence-electron chi connectivity index (χ3n) is 2.78. The highest BCUT2D eigenvalue weighted by Gasteiger charge is 2.17. The Balaban J connectivity index is 2.02. The van der Waals surface area contributed by atoms with Crippen LogP contribution in [0.25, 0.3) is 10.8 Å². The zero-order chi connectivity index (χ0) is 14.5. The fourth-order valence-electron chi connectivity index (χ4n) is 1.90. The van der Waals surface area contributed by atoms with Gasteiger partial charge in [-0.25, -0.2) is 4.98 Å². The quantitative estimate of drug-likeness (QED) is 0.858. The van der Waals surface area contributed by atoms with E-state index in [0.717, 1.165) is 6.42 Å². The molecule has 1 amide bonds. The molecule has 108 valence electrons. The summed E-state index contributed by atoms with van der Waals surface area (Å²) in [5, 5.41) is 14.4. The third kappa shape index (κ3) is 3.68. The standard InChI is InChI=1S/C14H18N2O3S/c1-9(2)6-10(7-17)15-13(18)11-8-20-14(16-11)12-4-3-5-19-12/h3-5,8-10,17H,6-7H2,1-2H3,(H,15,18). The number of hydrogen-bond donors (Lipinski definition) is 2. The van der Waals surface area contributed by atoms with Gasteiger partial charge < -0.3 is 14.8 Å². The first-order chi connectivity index (χ1) is 9.60. The second-order valence-corrected chi connectivity index (χ2v) is 5.86. The fourth-order valence-corrected chi connectivity index (χ4v) is 2.67. The molecule has 2 heterocycles. The zero-order valence-corrected chi connectivity index (χ0v) is 12.3. The van der Waals surface area contributed by atoms with Crippen molar-refractivity contribution in [2.24, 2.45) is 5.92 Å². The van der Waals surface area contributed by atoms with Gasteiger partial charge in [-0.3, -0.25) is 4.79 Å². The van der Waals surface area contributed by atoms with Gasteiger partial charge in [-0.15, -0.1) is 11.3 Å². The summed E-state index contributed by atoms with van der Waals surface area (Å²) in [7, 11) is 0. The second-order valence-electron chi connectivity index (χ2n) is 5.00. The number of thiazole rings is 1. The van der Waals surface area contributed by atoms with Crippen LogP contribution in [0.15, 0.2) is 28.2 Å². The van der Waals surface area contributed by atoms with Crippen molar-refractivity contribution in [3.63, 3.8) is 0 Å². The van der Waals surface area contributed by atoms with Gasteiger partial charge in [0.2, 0.25) is 0 Å². The summed E-state index contributed by atoms with van der Waals surface area (Å²) >= 11 is 1.36. The Morgan fingerprint density at radius 2 is 2.35 bits per heavy atom. The molecule has 0 radical (unpaired) electrons. The van der Waals surface area contributed by atoms with Crippen molar-refractivity contribution in [3.8, 4) is 10.8 Å². The average molecular weight is 294 g/mol. The van der Waals surface area contributed by atoms with Crippen molar-refractivity contribution in [2.75, 3.05) is 6.61 Å². The topological polar surface area (TPSA) is 75.4 Å². The first-order valence-corrected chi connectivity index (χ1v) is 7.39. The Morgan fingerprint density at radius 3 is 2.95 bits per heavy atom. The van der Waals surface area contributed by atoms with Crippen LogP contribution in [-0.2, 0) is 0 Å². The number of carbonyl (C=O) groups excluding carboxylic acids is 1. The van der Waals surface area contributed by atoms with E-state index in [0.29, 0.717) is 22.4 Å². The Labute approximate surface area is 121 Å². The predicted octanol–water partition coefficient (Wildman–Crippen LogP) is 2.54. The van der Waals surface area contributed by atoms with E-state index in [4.69, 9.17) is 4.42 Å². The van der Waals surface area contributed by atoms with Gasteiger partial charge in [0.05, 0.1) is 18.9 Å². The van der Waals surface area contributed by atoms with E-state index in [-0.39, 0.29) is 18.6 Å². The van der Waals surface area contributed by atoms with Crippen molar-refractivity contribution < 1.29 is 14.3 Å². The van der Waals surface area contributed by atoms with Crippen LogP contribution < -0.4 is 5.32 Å². The lowest BCUT2D eigenvalue weighted by Gasteiger charge is -2.17. The summed E-state index contributed by atoms with van der Waals surface area (Å²) in [4.78, 5) is 16.3. The molecule has 5 nitrogen and oxygen atoms in total. The first-order valence-electron chi connectivity index (χ1n) is 6.51. The van der Waals surface area contributed by atoms with Crippen molar-refractivity contribution in [1.29, 1.82) is 0 Å². The molecular weight excluding hydrogens is 276 g/mol. The Morgan fingerprint density at radius 1 is 1.55 bits per heavy atom. The van der Waals surface area contributed by atoms with Crippen LogP contribution >= 0.6 is 11.3 Å². The van der Waals surface area contributed by atoms with Gasteiger partial charge in [0, 0.05) is 5.38 Å². The number of amides is 1. The molecule has 0 bridgehead atoms. The Kier molecular flexibility index (Phi) is 4.92. The Hall–Kier alpha value is -1.66. The monoisotopic (exact) mass is 294 g/mol. The minimum absolute atomic E-state index is 0.0703. The molecule has 2 rings (SSSR count). The van der Waals surface area contributed by atoms with Gasteiger partial charge in [0.25, 0.3) is 5.91 Å². The highest BCUT2D eigenvalue weighted by Crippen LogP contribution is 2.23. The molecule has 0 saturated heterocycles. The average Bonchev–Trinajstić information content (AvgIpc) is 3.07. The second kappa shape index (κ2) is 6.67. The molecule has 0 saturated carbocycles. The van der Waals surface area contributed by atoms with E-state index < -0.39 is 0 Å². The minimum atomic E-state index is -0.265. The van der Waals surface area contributed by atoms with Crippen molar-refractivity contribution in [1.82, 2.24) is 10.3 Å². The number of furan rings is 1. The van der Waals surface area contributed by atoms with Gasteiger partial charge in [0.15, 0.2) is 10.8 Å². The van der Waals surface area contributed by atoms with E-state index in [1.165, 1.54) is 11.3 Å². The van der Waals surface area contributed by atoms with Crippen LogP contribution in [0.2, 0.25) is 0 Å². The molecular formula is C14H18N2O3S. The smallest absolute Gasteiger partial charge is 0.271 e. The summed E-state index contributed by atoms with van der Waals surface area (Å²) in [5.74, 6) is 0.787. The fraction of sp³-hybridized carbons (Fsp3) is 0.429. The van der Waals surface area contributed by atoms with Gasteiger partial charge in [-0.2, -0.15) is 0 Å². The van der Waals surface area contributed by atoms with Crippen molar-refractivity contribution >= 4 is 17.2 Å². The van der Waals surface area contributed by atoms with Gasteiger partial charge in [-0.05, 0) is 24.5 Å². The summed E-state index contributed by atoms with van der Waals surface area (Å²) in [6, 6.07) is 3.34. The molecule has 0 aliphatic carbocycles. The van der Waals surface area contributed by atoms with E-state index in [9.17, 15) is 9.90 Å². The lowest BCUT2D eigenvalue weighted by atomic mass is 10.0. The Bertz CT molecular complexity index is 549. The molecule has 2 aromatic rings. The zero-order valence-electron chi connectivity index (χ0n) is 11.5. The number of aliphatic hydroxyl groups is 1. The molecule has 0 aliphatic rings. The number of carbonyl (C=O) groups is 1. The largest absolute Gasteiger partial charge is 0.462 e. The summed E-state index contributed by atoms with van der Waals surface area (Å²) in [6.07, 6.45) is 2.30. The first kappa shape index (κ1) is 14.7. The van der Waals surface area contributed by atoms with Gasteiger partial charge >= 0.3 is 0 Å².